The van der Waals surface area contributed by atoms with E-state index in [9.17, 15) is 4.39 Å². The fraction of sp³-hybridized carbons (Fsp3) is 0.500. The molecule has 88 valence electrons. The molecule has 1 aliphatic rings. The lowest BCUT2D eigenvalue weighted by molar-refractivity contribution is 0.255. The Bertz CT molecular complexity index is 383. The molecule has 2 atom stereocenters. The van der Waals surface area contributed by atoms with Crippen molar-refractivity contribution in [3.05, 3.63) is 34.6 Å². The standard InChI is InChI=1S/C12H16ClFN2/c1-2-16-6-5-11(15)12(16)9-4-3-8(13)7-10(9)14/h3-4,7,11-12H,2,5-6,15H2,1H3. The summed E-state index contributed by atoms with van der Waals surface area (Å²) in [6.07, 6.45) is 0.917. The largest absolute Gasteiger partial charge is 0.326 e. The number of hydrogen-bond acceptors (Lipinski definition) is 2. The zero-order valence-electron chi connectivity index (χ0n) is 9.29. The molecule has 1 saturated heterocycles. The highest BCUT2D eigenvalue weighted by molar-refractivity contribution is 6.30. The van der Waals surface area contributed by atoms with E-state index >= 15 is 0 Å². The van der Waals surface area contributed by atoms with Crippen molar-refractivity contribution < 1.29 is 4.39 Å². The molecule has 0 bridgehead atoms. The summed E-state index contributed by atoms with van der Waals surface area (Å²) < 4.78 is 13.8. The summed E-state index contributed by atoms with van der Waals surface area (Å²) in [5.74, 6) is -0.256. The van der Waals surface area contributed by atoms with Crippen molar-refractivity contribution in [3.8, 4) is 0 Å². The molecular formula is C12H16ClFN2. The van der Waals surface area contributed by atoms with Gasteiger partial charge in [0.25, 0.3) is 0 Å². The van der Waals surface area contributed by atoms with Crippen molar-refractivity contribution in [1.82, 2.24) is 4.90 Å². The molecule has 16 heavy (non-hydrogen) atoms. The van der Waals surface area contributed by atoms with Crippen LogP contribution in [0.5, 0.6) is 0 Å². The monoisotopic (exact) mass is 242 g/mol. The van der Waals surface area contributed by atoms with Crippen LogP contribution in [-0.4, -0.2) is 24.0 Å². The Balaban J connectivity index is 2.34. The second-order valence-corrected chi connectivity index (χ2v) is 4.63. The Morgan fingerprint density at radius 1 is 1.56 bits per heavy atom. The van der Waals surface area contributed by atoms with Gasteiger partial charge in [-0.05, 0) is 25.1 Å². The van der Waals surface area contributed by atoms with Crippen LogP contribution in [0.3, 0.4) is 0 Å². The van der Waals surface area contributed by atoms with Gasteiger partial charge in [0.15, 0.2) is 0 Å². The number of nitrogens with two attached hydrogens (primary N) is 1. The van der Waals surface area contributed by atoms with Gasteiger partial charge < -0.3 is 5.73 Å². The number of rotatable bonds is 2. The van der Waals surface area contributed by atoms with E-state index in [-0.39, 0.29) is 17.9 Å². The van der Waals surface area contributed by atoms with Crippen LogP contribution in [0.2, 0.25) is 5.02 Å². The van der Waals surface area contributed by atoms with Gasteiger partial charge in [-0.2, -0.15) is 0 Å². The molecule has 2 unspecified atom stereocenters. The smallest absolute Gasteiger partial charge is 0.129 e. The van der Waals surface area contributed by atoms with Crippen molar-refractivity contribution in [1.29, 1.82) is 0 Å². The molecule has 4 heteroatoms. The van der Waals surface area contributed by atoms with Gasteiger partial charge in [0.2, 0.25) is 0 Å². The highest BCUT2D eigenvalue weighted by atomic mass is 35.5. The Hall–Kier alpha value is -0.640. The van der Waals surface area contributed by atoms with E-state index in [1.54, 1.807) is 12.1 Å². The van der Waals surface area contributed by atoms with Crippen molar-refractivity contribution in [3.63, 3.8) is 0 Å². The minimum Gasteiger partial charge on any atom is -0.326 e. The molecule has 0 amide bonds. The summed E-state index contributed by atoms with van der Waals surface area (Å²) in [7, 11) is 0. The van der Waals surface area contributed by atoms with Crippen molar-refractivity contribution in [2.45, 2.75) is 25.4 Å². The van der Waals surface area contributed by atoms with Crippen LogP contribution < -0.4 is 5.73 Å². The lowest BCUT2D eigenvalue weighted by Gasteiger charge is -2.26. The third-order valence-electron chi connectivity index (χ3n) is 3.24. The van der Waals surface area contributed by atoms with Crippen LogP contribution in [-0.2, 0) is 0 Å². The van der Waals surface area contributed by atoms with Crippen LogP contribution in [0.4, 0.5) is 4.39 Å². The number of benzene rings is 1. The average Bonchev–Trinajstić information content (AvgIpc) is 2.60. The third kappa shape index (κ3) is 2.08. The number of likely N-dealkylation sites (N-methyl/N-ethyl adjacent to an activating group) is 1. The van der Waals surface area contributed by atoms with E-state index < -0.39 is 0 Å². The summed E-state index contributed by atoms with van der Waals surface area (Å²) in [6, 6.07) is 4.82. The predicted octanol–water partition coefficient (Wildman–Crippen LogP) is 2.57. The quantitative estimate of drug-likeness (QED) is 0.864. The Morgan fingerprint density at radius 3 is 2.94 bits per heavy atom. The van der Waals surface area contributed by atoms with Crippen LogP contribution in [0.25, 0.3) is 0 Å². The summed E-state index contributed by atoms with van der Waals surface area (Å²) >= 11 is 5.75. The lowest BCUT2D eigenvalue weighted by atomic mass is 10.0. The molecular weight excluding hydrogens is 227 g/mol. The summed E-state index contributed by atoms with van der Waals surface area (Å²) in [4.78, 5) is 2.21. The fourth-order valence-corrected chi connectivity index (χ4v) is 2.56. The van der Waals surface area contributed by atoms with Crippen molar-refractivity contribution in [2.24, 2.45) is 5.73 Å². The number of nitrogens with zero attached hydrogens (tertiary/aromatic N) is 1. The van der Waals surface area contributed by atoms with Crippen LogP contribution >= 0.6 is 11.6 Å². The molecule has 1 aliphatic heterocycles. The number of likely N-dealkylation sites (tertiary alicyclic amines) is 1. The Labute approximate surface area is 100 Å². The molecule has 2 nitrogen and oxygen atoms in total. The van der Waals surface area contributed by atoms with Gasteiger partial charge in [-0.1, -0.05) is 24.6 Å². The first-order chi connectivity index (χ1) is 7.63. The number of halogens is 2. The molecule has 1 aromatic rings. The molecule has 2 rings (SSSR count). The topological polar surface area (TPSA) is 29.3 Å². The van der Waals surface area contributed by atoms with Gasteiger partial charge in [0, 0.05) is 23.2 Å². The van der Waals surface area contributed by atoms with E-state index in [4.69, 9.17) is 17.3 Å². The first-order valence-electron chi connectivity index (χ1n) is 5.58. The zero-order chi connectivity index (χ0) is 11.7. The summed E-state index contributed by atoms with van der Waals surface area (Å²) in [6.45, 7) is 3.89. The van der Waals surface area contributed by atoms with E-state index in [1.165, 1.54) is 6.07 Å². The van der Waals surface area contributed by atoms with Crippen LogP contribution in [0.1, 0.15) is 24.9 Å². The minimum atomic E-state index is -0.256. The van der Waals surface area contributed by atoms with Gasteiger partial charge in [0.1, 0.15) is 5.82 Å². The molecule has 0 radical (unpaired) electrons. The minimum absolute atomic E-state index is 0.00984. The van der Waals surface area contributed by atoms with Crippen molar-refractivity contribution >= 4 is 11.6 Å². The highest BCUT2D eigenvalue weighted by Gasteiger charge is 2.33. The van der Waals surface area contributed by atoms with E-state index in [0.29, 0.717) is 10.6 Å². The molecule has 2 N–H and O–H groups in total. The number of hydrogen-bond donors (Lipinski definition) is 1. The maximum atomic E-state index is 13.8. The van der Waals surface area contributed by atoms with E-state index in [1.807, 2.05) is 0 Å². The van der Waals surface area contributed by atoms with Gasteiger partial charge >= 0.3 is 0 Å². The fourth-order valence-electron chi connectivity index (χ4n) is 2.41. The zero-order valence-corrected chi connectivity index (χ0v) is 10.0. The molecule has 1 aromatic carbocycles. The highest BCUT2D eigenvalue weighted by Crippen LogP contribution is 2.33. The van der Waals surface area contributed by atoms with Gasteiger partial charge in [-0.15, -0.1) is 0 Å². The molecule has 0 aliphatic carbocycles. The summed E-state index contributed by atoms with van der Waals surface area (Å²) in [5, 5.41) is 0.427. The Kier molecular flexibility index (Phi) is 3.47. The maximum Gasteiger partial charge on any atom is 0.129 e. The average molecular weight is 243 g/mol. The van der Waals surface area contributed by atoms with Crippen LogP contribution in [0, 0.1) is 5.82 Å². The lowest BCUT2D eigenvalue weighted by Crippen LogP contribution is -2.32. The maximum absolute atomic E-state index is 13.8. The molecule has 1 heterocycles. The molecule has 0 aromatic heterocycles. The molecule has 1 fully saturated rings. The second kappa shape index (κ2) is 4.70. The Morgan fingerprint density at radius 2 is 2.31 bits per heavy atom. The predicted molar refractivity (Wildman–Crippen MR) is 64.0 cm³/mol. The molecule has 0 saturated carbocycles. The second-order valence-electron chi connectivity index (χ2n) is 4.19. The van der Waals surface area contributed by atoms with E-state index in [2.05, 4.69) is 11.8 Å². The van der Waals surface area contributed by atoms with Gasteiger partial charge in [-0.25, -0.2) is 4.39 Å². The first-order valence-corrected chi connectivity index (χ1v) is 5.96. The van der Waals surface area contributed by atoms with Gasteiger partial charge in [-0.3, -0.25) is 4.90 Å². The van der Waals surface area contributed by atoms with Gasteiger partial charge in [0.05, 0.1) is 6.04 Å². The third-order valence-corrected chi connectivity index (χ3v) is 3.47. The first kappa shape index (κ1) is 11.8. The van der Waals surface area contributed by atoms with Crippen molar-refractivity contribution in [2.75, 3.05) is 13.1 Å². The normalized spacial score (nSPS) is 26.2. The molecule has 0 spiro atoms. The van der Waals surface area contributed by atoms with E-state index in [0.717, 1.165) is 19.5 Å². The summed E-state index contributed by atoms with van der Waals surface area (Å²) in [5.41, 5.74) is 6.71. The SMILES string of the molecule is CCN1CCC(N)C1c1ccc(Cl)cc1F. The van der Waals surface area contributed by atoms with Crippen LogP contribution in [0.15, 0.2) is 18.2 Å².